The van der Waals surface area contributed by atoms with E-state index in [1.54, 1.807) is 12.4 Å². The predicted molar refractivity (Wildman–Crippen MR) is 144 cm³/mol. The van der Waals surface area contributed by atoms with Crippen molar-refractivity contribution in [2.75, 3.05) is 17.2 Å². The number of aromatic nitrogens is 3. The summed E-state index contributed by atoms with van der Waals surface area (Å²) < 4.78 is 21.0. The summed E-state index contributed by atoms with van der Waals surface area (Å²) in [5, 5.41) is 15.5. The molecule has 1 atom stereocenters. The highest BCUT2D eigenvalue weighted by Crippen LogP contribution is 2.30. The molecule has 1 unspecified atom stereocenters. The van der Waals surface area contributed by atoms with Crippen molar-refractivity contribution in [1.29, 1.82) is 5.41 Å². The number of hydrogen-bond acceptors (Lipinski definition) is 6. The van der Waals surface area contributed by atoms with Crippen LogP contribution in [0.2, 0.25) is 0 Å². The van der Waals surface area contributed by atoms with E-state index in [1.807, 2.05) is 30.3 Å². The van der Waals surface area contributed by atoms with Crippen LogP contribution in [0.3, 0.4) is 0 Å². The minimum absolute atomic E-state index is 0.267. The number of hydrogen-bond donors (Lipinski definition) is 3. The molecule has 0 spiro atoms. The number of nitrogens with one attached hydrogen (secondary N) is 3. The molecule has 3 N–H and O–H groups in total. The first-order valence-electron chi connectivity index (χ1n) is 12.1. The lowest BCUT2D eigenvalue weighted by molar-refractivity contribution is 0.383. The van der Waals surface area contributed by atoms with Gasteiger partial charge >= 0.3 is 0 Å². The molecule has 6 rings (SSSR count). The topological polar surface area (TPSA) is 91.2 Å². The third kappa shape index (κ3) is 5.19. The molecular weight excluding hydrogens is 467 g/mol. The van der Waals surface area contributed by atoms with Crippen LogP contribution in [0.1, 0.15) is 11.1 Å². The number of halogens is 1. The number of nitrogens with zero attached hydrogens (tertiary/aromatic N) is 3. The van der Waals surface area contributed by atoms with E-state index in [9.17, 15) is 4.39 Å². The van der Waals surface area contributed by atoms with Gasteiger partial charge in [0, 0.05) is 47.5 Å². The van der Waals surface area contributed by atoms with Crippen LogP contribution >= 0.6 is 0 Å². The Bertz CT molecular complexity index is 1590. The molecule has 1 aliphatic heterocycles. The van der Waals surface area contributed by atoms with E-state index in [2.05, 4.69) is 55.8 Å². The van der Waals surface area contributed by atoms with Crippen molar-refractivity contribution in [3.05, 3.63) is 102 Å². The smallest absolute Gasteiger partial charge is 0.141 e. The standard InChI is InChI=1S/C29H25FN6O/c30-23-3-1-2-19(10-23)14-32-27-7-5-24(11-22(27)13-31)35-29-26-12-20(4-6-28(26)33-18-34-29)21-8-9-36(15-21)16-25-17-37-25/h1-13,15,18,25,31-32H,14,16-17H2,(H,33,34,35). The Kier molecular flexibility index (Phi) is 6.08. The summed E-state index contributed by atoms with van der Waals surface area (Å²) in [5.74, 6) is 0.422. The molecule has 0 amide bonds. The lowest BCUT2D eigenvalue weighted by Gasteiger charge is -2.13. The van der Waals surface area contributed by atoms with Gasteiger partial charge in [0.05, 0.1) is 24.8 Å². The van der Waals surface area contributed by atoms with Crippen molar-refractivity contribution >= 4 is 34.3 Å². The van der Waals surface area contributed by atoms with E-state index in [1.165, 1.54) is 18.3 Å². The van der Waals surface area contributed by atoms with E-state index >= 15 is 0 Å². The van der Waals surface area contributed by atoms with E-state index < -0.39 is 0 Å². The highest BCUT2D eigenvalue weighted by molar-refractivity contribution is 5.94. The SMILES string of the molecule is N=Cc1cc(Nc2ncnc3ccc(-c4ccn(CC5CO5)c4)cc23)ccc1NCc1cccc(F)c1. The van der Waals surface area contributed by atoms with Crippen LogP contribution in [0.15, 0.2) is 85.5 Å². The summed E-state index contributed by atoms with van der Waals surface area (Å²) >= 11 is 0. The Morgan fingerprint density at radius 3 is 2.81 bits per heavy atom. The van der Waals surface area contributed by atoms with Crippen molar-refractivity contribution in [1.82, 2.24) is 14.5 Å². The molecule has 3 aromatic carbocycles. The van der Waals surface area contributed by atoms with Crippen LogP contribution in [0.4, 0.5) is 21.6 Å². The summed E-state index contributed by atoms with van der Waals surface area (Å²) in [6.07, 6.45) is 7.38. The van der Waals surface area contributed by atoms with Crippen LogP contribution in [-0.2, 0) is 17.8 Å². The van der Waals surface area contributed by atoms with Crippen molar-refractivity contribution in [2.45, 2.75) is 19.2 Å². The van der Waals surface area contributed by atoms with Gasteiger partial charge in [-0.05, 0) is 65.2 Å². The monoisotopic (exact) mass is 492 g/mol. The van der Waals surface area contributed by atoms with Gasteiger partial charge in [-0.1, -0.05) is 18.2 Å². The van der Waals surface area contributed by atoms with Gasteiger partial charge in [0.1, 0.15) is 18.0 Å². The van der Waals surface area contributed by atoms with E-state index in [0.717, 1.165) is 52.1 Å². The van der Waals surface area contributed by atoms with Gasteiger partial charge in [-0.3, -0.25) is 0 Å². The maximum Gasteiger partial charge on any atom is 0.141 e. The third-order valence-corrected chi connectivity index (χ3v) is 6.38. The highest BCUT2D eigenvalue weighted by atomic mass is 19.1. The summed E-state index contributed by atoms with van der Waals surface area (Å²) in [6.45, 7) is 2.16. The largest absolute Gasteiger partial charge is 0.380 e. The van der Waals surface area contributed by atoms with Gasteiger partial charge in [-0.2, -0.15) is 0 Å². The Labute approximate surface area is 213 Å². The molecule has 0 saturated carbocycles. The van der Waals surface area contributed by atoms with Gasteiger partial charge in [0.25, 0.3) is 0 Å². The van der Waals surface area contributed by atoms with Crippen molar-refractivity contribution in [3.8, 4) is 11.1 Å². The molecule has 1 saturated heterocycles. The van der Waals surface area contributed by atoms with Gasteiger partial charge < -0.3 is 25.3 Å². The van der Waals surface area contributed by atoms with Crippen molar-refractivity contribution in [2.24, 2.45) is 0 Å². The molecule has 3 heterocycles. The summed E-state index contributed by atoms with van der Waals surface area (Å²) in [4.78, 5) is 8.93. The quantitative estimate of drug-likeness (QED) is 0.174. The summed E-state index contributed by atoms with van der Waals surface area (Å²) in [6, 6.07) is 20.5. The van der Waals surface area contributed by atoms with Crippen LogP contribution in [0.25, 0.3) is 22.0 Å². The van der Waals surface area contributed by atoms with E-state index in [0.29, 0.717) is 24.0 Å². The number of fused-ring (bicyclic) bond motifs is 1. The third-order valence-electron chi connectivity index (χ3n) is 6.38. The molecule has 1 aliphatic rings. The Hall–Kier alpha value is -4.56. The Morgan fingerprint density at radius 2 is 1.97 bits per heavy atom. The molecule has 5 aromatic rings. The molecule has 1 fully saturated rings. The molecule has 0 bridgehead atoms. The van der Waals surface area contributed by atoms with Gasteiger partial charge in [-0.15, -0.1) is 0 Å². The van der Waals surface area contributed by atoms with Crippen molar-refractivity contribution in [3.63, 3.8) is 0 Å². The maximum atomic E-state index is 13.5. The number of epoxide rings is 1. The van der Waals surface area contributed by atoms with Crippen LogP contribution in [0.5, 0.6) is 0 Å². The first-order chi connectivity index (χ1) is 18.1. The fourth-order valence-corrected chi connectivity index (χ4v) is 4.37. The first-order valence-corrected chi connectivity index (χ1v) is 12.1. The molecule has 7 nitrogen and oxygen atoms in total. The summed E-state index contributed by atoms with van der Waals surface area (Å²) in [5.41, 5.74) is 6.18. The van der Waals surface area contributed by atoms with Crippen LogP contribution in [0, 0.1) is 11.2 Å². The highest BCUT2D eigenvalue weighted by Gasteiger charge is 2.22. The second-order valence-electron chi connectivity index (χ2n) is 9.06. The number of benzene rings is 3. The average Bonchev–Trinajstić information content (AvgIpc) is 3.61. The zero-order chi connectivity index (χ0) is 25.2. The molecule has 184 valence electrons. The van der Waals surface area contributed by atoms with Crippen molar-refractivity contribution < 1.29 is 9.13 Å². The fourth-order valence-electron chi connectivity index (χ4n) is 4.37. The fraction of sp³-hybridized carbons (Fsp3) is 0.138. The normalized spacial score (nSPS) is 14.5. The van der Waals surface area contributed by atoms with Gasteiger partial charge in [0.2, 0.25) is 0 Å². The minimum atomic E-state index is -0.267. The summed E-state index contributed by atoms with van der Waals surface area (Å²) in [7, 11) is 0. The zero-order valence-corrected chi connectivity index (χ0v) is 20.0. The molecule has 2 aromatic heterocycles. The second-order valence-corrected chi connectivity index (χ2v) is 9.06. The van der Waals surface area contributed by atoms with E-state index in [4.69, 9.17) is 10.1 Å². The first kappa shape index (κ1) is 22.9. The lowest BCUT2D eigenvalue weighted by atomic mass is 10.1. The number of rotatable bonds is 9. The van der Waals surface area contributed by atoms with E-state index in [-0.39, 0.29) is 5.82 Å². The molecule has 0 radical (unpaired) electrons. The average molecular weight is 493 g/mol. The molecule has 8 heteroatoms. The molecule has 37 heavy (non-hydrogen) atoms. The van der Waals surface area contributed by atoms with Crippen LogP contribution < -0.4 is 10.6 Å². The predicted octanol–water partition coefficient (Wildman–Crippen LogP) is 5.99. The lowest BCUT2D eigenvalue weighted by Crippen LogP contribution is -2.03. The zero-order valence-electron chi connectivity index (χ0n) is 20.0. The van der Waals surface area contributed by atoms with Crippen LogP contribution in [-0.4, -0.2) is 33.5 Å². The molecule has 0 aliphatic carbocycles. The van der Waals surface area contributed by atoms with Gasteiger partial charge in [0.15, 0.2) is 0 Å². The number of ether oxygens (including phenoxy) is 1. The second kappa shape index (κ2) is 9.83. The molecular formula is C29H25FN6O. The minimum Gasteiger partial charge on any atom is -0.380 e. The van der Waals surface area contributed by atoms with Gasteiger partial charge in [-0.25, -0.2) is 14.4 Å². The Balaban J connectivity index is 1.24. The maximum absolute atomic E-state index is 13.5. The number of anilines is 3. The Morgan fingerprint density at radius 1 is 1.05 bits per heavy atom.